The van der Waals surface area contributed by atoms with Gasteiger partial charge in [-0.1, -0.05) is 6.07 Å². The van der Waals surface area contributed by atoms with Gasteiger partial charge in [0.1, 0.15) is 6.07 Å². The Balaban J connectivity index is 2.40. The molecule has 0 aromatic heterocycles. The minimum Gasteiger partial charge on any atom is -0.353 e. The smallest absolute Gasteiger partial charge is 0.274 e. The van der Waals surface area contributed by atoms with E-state index in [1.165, 1.54) is 30.3 Å². The van der Waals surface area contributed by atoms with E-state index in [1.54, 1.807) is 6.92 Å². The number of halogens is 2. The van der Waals surface area contributed by atoms with Crippen LogP contribution in [0, 0.1) is 40.0 Å². The van der Waals surface area contributed by atoms with Crippen molar-refractivity contribution < 1.29 is 13.7 Å². The highest BCUT2D eigenvalue weighted by Gasteiger charge is 2.15. The molecule has 5 nitrogen and oxygen atoms in total. The van der Waals surface area contributed by atoms with Gasteiger partial charge in [0, 0.05) is 17.3 Å². The number of nitrogens with one attached hydrogen (secondary N) is 1. The highest BCUT2D eigenvalue weighted by Crippen LogP contribution is 2.27. The number of anilines is 2. The van der Waals surface area contributed by atoms with E-state index < -0.39 is 22.1 Å². The van der Waals surface area contributed by atoms with Gasteiger partial charge >= 0.3 is 0 Å². The lowest BCUT2D eigenvalue weighted by molar-refractivity contribution is -0.385. The minimum atomic E-state index is -1.26. The first-order valence-electron chi connectivity index (χ1n) is 5.84. The number of nitro benzene ring substituents is 1. The fourth-order valence-electron chi connectivity index (χ4n) is 1.77. The van der Waals surface area contributed by atoms with Gasteiger partial charge in [0.05, 0.1) is 16.2 Å². The SMILES string of the molecule is Cc1ccc(Nc2ccc(C#N)c(F)c2F)cc1[N+](=O)[O-]. The Kier molecular flexibility index (Phi) is 3.80. The predicted octanol–water partition coefficient (Wildman–Crippen LogP) is 3.80. The van der Waals surface area contributed by atoms with E-state index in [4.69, 9.17) is 5.26 Å². The summed E-state index contributed by atoms with van der Waals surface area (Å²) >= 11 is 0. The molecule has 0 spiro atoms. The fraction of sp³-hybridized carbons (Fsp3) is 0.0714. The molecule has 0 atom stereocenters. The second-order valence-electron chi connectivity index (χ2n) is 4.28. The number of nitriles is 1. The van der Waals surface area contributed by atoms with Crippen LogP contribution in [-0.2, 0) is 0 Å². The van der Waals surface area contributed by atoms with Gasteiger partial charge in [-0.15, -0.1) is 0 Å². The van der Waals surface area contributed by atoms with E-state index in [1.807, 2.05) is 0 Å². The highest BCUT2D eigenvalue weighted by molar-refractivity contribution is 5.65. The third-order valence-corrected chi connectivity index (χ3v) is 2.89. The van der Waals surface area contributed by atoms with Crippen LogP contribution >= 0.6 is 0 Å². The molecule has 106 valence electrons. The lowest BCUT2D eigenvalue weighted by Gasteiger charge is -2.09. The van der Waals surface area contributed by atoms with Crippen LogP contribution in [0.1, 0.15) is 11.1 Å². The van der Waals surface area contributed by atoms with E-state index >= 15 is 0 Å². The first kappa shape index (κ1) is 14.4. The van der Waals surface area contributed by atoms with E-state index in [0.29, 0.717) is 5.56 Å². The number of aryl methyl sites for hydroxylation is 1. The Morgan fingerprint density at radius 1 is 1.24 bits per heavy atom. The number of nitro groups is 1. The Morgan fingerprint density at radius 2 is 1.95 bits per heavy atom. The molecule has 1 N–H and O–H groups in total. The van der Waals surface area contributed by atoms with Crippen molar-refractivity contribution in [3.05, 3.63) is 63.2 Å². The largest absolute Gasteiger partial charge is 0.353 e. The quantitative estimate of drug-likeness (QED) is 0.688. The highest BCUT2D eigenvalue weighted by atomic mass is 19.2. The summed E-state index contributed by atoms with van der Waals surface area (Å²) in [6.07, 6.45) is 0. The molecule has 0 unspecified atom stereocenters. The number of hydrogen-bond donors (Lipinski definition) is 1. The van der Waals surface area contributed by atoms with E-state index in [0.717, 1.165) is 6.07 Å². The third kappa shape index (κ3) is 2.79. The van der Waals surface area contributed by atoms with Crippen LogP contribution in [0.3, 0.4) is 0 Å². The average Bonchev–Trinajstić information content (AvgIpc) is 2.46. The number of nitrogens with zero attached hydrogens (tertiary/aromatic N) is 2. The van der Waals surface area contributed by atoms with Gasteiger partial charge in [-0.25, -0.2) is 8.78 Å². The van der Waals surface area contributed by atoms with Crippen molar-refractivity contribution >= 4 is 17.1 Å². The summed E-state index contributed by atoms with van der Waals surface area (Å²) in [7, 11) is 0. The summed E-state index contributed by atoms with van der Waals surface area (Å²) in [6, 6.07) is 8.09. The zero-order valence-corrected chi connectivity index (χ0v) is 10.9. The lowest BCUT2D eigenvalue weighted by Crippen LogP contribution is -2.00. The van der Waals surface area contributed by atoms with Crippen molar-refractivity contribution in [2.24, 2.45) is 0 Å². The maximum Gasteiger partial charge on any atom is 0.274 e. The van der Waals surface area contributed by atoms with E-state index in [-0.39, 0.29) is 17.1 Å². The fourth-order valence-corrected chi connectivity index (χ4v) is 1.77. The molecule has 7 heteroatoms. The molecule has 0 aliphatic carbocycles. The number of benzene rings is 2. The van der Waals surface area contributed by atoms with Crippen molar-refractivity contribution in [2.75, 3.05) is 5.32 Å². The molecule has 2 aromatic carbocycles. The Labute approximate surface area is 118 Å². The summed E-state index contributed by atoms with van der Waals surface area (Å²) in [5, 5.41) is 22.0. The van der Waals surface area contributed by atoms with Gasteiger partial charge in [0.25, 0.3) is 5.69 Å². The molecule has 2 aromatic rings. The van der Waals surface area contributed by atoms with Gasteiger partial charge in [-0.2, -0.15) is 5.26 Å². The summed E-state index contributed by atoms with van der Waals surface area (Å²) in [5.41, 5.74) is -0.0422. The van der Waals surface area contributed by atoms with Crippen LogP contribution in [0.15, 0.2) is 30.3 Å². The van der Waals surface area contributed by atoms with Gasteiger partial charge in [-0.3, -0.25) is 10.1 Å². The minimum absolute atomic E-state index is 0.130. The number of hydrogen-bond acceptors (Lipinski definition) is 4. The molecule has 0 saturated carbocycles. The molecule has 0 aliphatic rings. The molecule has 0 aliphatic heterocycles. The topological polar surface area (TPSA) is 79.0 Å². The molecule has 0 bridgehead atoms. The molecular weight excluding hydrogens is 280 g/mol. The van der Waals surface area contributed by atoms with Crippen molar-refractivity contribution in [3.8, 4) is 6.07 Å². The summed E-state index contributed by atoms with van der Waals surface area (Å²) < 4.78 is 27.2. The van der Waals surface area contributed by atoms with Gasteiger partial charge in [0.2, 0.25) is 0 Å². The molecule has 21 heavy (non-hydrogen) atoms. The molecular formula is C14H9F2N3O2. The normalized spacial score (nSPS) is 10.0. The van der Waals surface area contributed by atoms with Crippen LogP contribution in [0.25, 0.3) is 0 Å². The van der Waals surface area contributed by atoms with E-state index in [2.05, 4.69) is 5.32 Å². The van der Waals surface area contributed by atoms with E-state index in [9.17, 15) is 18.9 Å². The van der Waals surface area contributed by atoms with Crippen molar-refractivity contribution in [3.63, 3.8) is 0 Å². The van der Waals surface area contributed by atoms with Crippen LogP contribution in [0.2, 0.25) is 0 Å². The second kappa shape index (κ2) is 5.54. The van der Waals surface area contributed by atoms with Crippen LogP contribution in [-0.4, -0.2) is 4.92 Å². The van der Waals surface area contributed by atoms with Crippen molar-refractivity contribution in [2.45, 2.75) is 6.92 Å². The Bertz CT molecular complexity index is 770. The van der Waals surface area contributed by atoms with Crippen LogP contribution < -0.4 is 5.32 Å². The summed E-state index contributed by atoms with van der Waals surface area (Å²) in [5.74, 6) is -2.47. The maximum absolute atomic E-state index is 13.8. The lowest BCUT2D eigenvalue weighted by atomic mass is 10.1. The van der Waals surface area contributed by atoms with Crippen molar-refractivity contribution in [1.29, 1.82) is 5.26 Å². The molecule has 0 fully saturated rings. The Morgan fingerprint density at radius 3 is 2.57 bits per heavy atom. The second-order valence-corrected chi connectivity index (χ2v) is 4.28. The first-order chi connectivity index (χ1) is 9.93. The van der Waals surface area contributed by atoms with Gasteiger partial charge in [0.15, 0.2) is 11.6 Å². The predicted molar refractivity (Wildman–Crippen MR) is 72.2 cm³/mol. The summed E-state index contributed by atoms with van der Waals surface area (Å²) in [6.45, 7) is 1.57. The Hall–Kier alpha value is -3.01. The first-order valence-corrected chi connectivity index (χ1v) is 5.84. The average molecular weight is 289 g/mol. The third-order valence-electron chi connectivity index (χ3n) is 2.89. The number of rotatable bonds is 3. The zero-order chi connectivity index (χ0) is 15.6. The molecule has 0 saturated heterocycles. The van der Waals surface area contributed by atoms with Crippen LogP contribution in [0.5, 0.6) is 0 Å². The van der Waals surface area contributed by atoms with Gasteiger partial charge in [-0.05, 0) is 25.1 Å². The monoisotopic (exact) mass is 289 g/mol. The molecule has 0 amide bonds. The molecule has 0 heterocycles. The standard InChI is InChI=1S/C14H9F2N3O2/c1-8-2-4-10(6-12(8)19(20)21)18-11-5-3-9(7-17)13(15)14(11)16/h2-6,18H,1H3. The van der Waals surface area contributed by atoms with Gasteiger partial charge < -0.3 is 5.32 Å². The van der Waals surface area contributed by atoms with Crippen molar-refractivity contribution in [1.82, 2.24) is 0 Å². The molecule has 0 radical (unpaired) electrons. The molecule has 2 rings (SSSR count). The van der Waals surface area contributed by atoms with Crippen LogP contribution in [0.4, 0.5) is 25.8 Å². The zero-order valence-electron chi connectivity index (χ0n) is 10.9. The maximum atomic E-state index is 13.8. The summed E-state index contributed by atoms with van der Waals surface area (Å²) in [4.78, 5) is 10.3.